The molecule has 2 aromatic rings. The Morgan fingerprint density at radius 1 is 1.32 bits per heavy atom. The summed E-state index contributed by atoms with van der Waals surface area (Å²) < 4.78 is 5.73. The number of hydrogen-bond donors (Lipinski definition) is 2. The van der Waals surface area contributed by atoms with Crippen molar-refractivity contribution in [2.45, 2.75) is 46.1 Å². The molecule has 0 saturated carbocycles. The van der Waals surface area contributed by atoms with E-state index in [1.165, 1.54) is 0 Å². The van der Waals surface area contributed by atoms with E-state index in [1.54, 1.807) is 6.20 Å². The van der Waals surface area contributed by atoms with E-state index >= 15 is 0 Å². The number of rotatable bonds is 4. The number of anilines is 1. The molecule has 132 valence electrons. The van der Waals surface area contributed by atoms with E-state index in [1.807, 2.05) is 26.0 Å². The summed E-state index contributed by atoms with van der Waals surface area (Å²) in [4.78, 5) is 17.7. The van der Waals surface area contributed by atoms with Gasteiger partial charge in [-0.05, 0) is 46.2 Å². The average molecular weight is 340 g/mol. The molecule has 2 aromatic heterocycles. The summed E-state index contributed by atoms with van der Waals surface area (Å²) in [5, 5.41) is 3.40. The van der Waals surface area contributed by atoms with Crippen LogP contribution >= 0.6 is 0 Å². The third-order valence-electron chi connectivity index (χ3n) is 3.90. The minimum absolute atomic E-state index is 0.125. The van der Waals surface area contributed by atoms with Crippen LogP contribution in [0.3, 0.4) is 0 Å². The molecule has 0 radical (unpaired) electrons. The molecule has 1 aliphatic heterocycles. The zero-order valence-corrected chi connectivity index (χ0v) is 15.1. The second-order valence-corrected chi connectivity index (χ2v) is 6.97. The monoisotopic (exact) mass is 340 g/mol. The maximum absolute atomic E-state index is 6.07. The van der Waals surface area contributed by atoms with Crippen LogP contribution in [-0.4, -0.2) is 32.9 Å². The van der Waals surface area contributed by atoms with E-state index in [0.717, 1.165) is 28.6 Å². The van der Waals surface area contributed by atoms with Crippen LogP contribution in [0.25, 0.3) is 0 Å². The van der Waals surface area contributed by atoms with Gasteiger partial charge in [-0.2, -0.15) is 0 Å². The summed E-state index contributed by atoms with van der Waals surface area (Å²) >= 11 is 0. The van der Waals surface area contributed by atoms with Crippen LogP contribution in [-0.2, 0) is 6.42 Å². The fourth-order valence-electron chi connectivity index (χ4n) is 2.53. The number of amidine groups is 1. The van der Waals surface area contributed by atoms with Gasteiger partial charge >= 0.3 is 0 Å². The lowest BCUT2D eigenvalue weighted by Crippen LogP contribution is -2.41. The highest BCUT2D eigenvalue weighted by atomic mass is 16.5. The minimum atomic E-state index is -0.125. The number of pyridine rings is 1. The standard InChI is InChI=1S/C18H24N6O/c1-11-9-20-12(2)16(21-11)23-15(19)8-6-13-5-7-14-17(22-13)24-18(3,4)10-25-14/h5,7,9H,6,8,10H2,1-4H3,(H,22,24)(H2,19,21,23). The summed E-state index contributed by atoms with van der Waals surface area (Å²) in [7, 11) is 0. The lowest BCUT2D eigenvalue weighted by Gasteiger charge is -2.32. The smallest absolute Gasteiger partial charge is 0.175 e. The number of aromatic nitrogens is 3. The number of aliphatic imine (C=N–C) groups is 1. The fraction of sp³-hybridized carbons (Fsp3) is 0.444. The molecule has 3 rings (SSSR count). The molecule has 0 aliphatic carbocycles. The van der Waals surface area contributed by atoms with Crippen molar-refractivity contribution in [3.05, 3.63) is 35.4 Å². The summed E-state index contributed by atoms with van der Waals surface area (Å²) in [6, 6.07) is 3.91. The van der Waals surface area contributed by atoms with E-state index in [9.17, 15) is 0 Å². The molecule has 7 nitrogen and oxygen atoms in total. The fourth-order valence-corrected chi connectivity index (χ4v) is 2.53. The predicted molar refractivity (Wildman–Crippen MR) is 98.5 cm³/mol. The summed E-state index contributed by atoms with van der Waals surface area (Å²) in [6.45, 7) is 8.55. The molecule has 1 aliphatic rings. The van der Waals surface area contributed by atoms with Crippen molar-refractivity contribution in [2.75, 3.05) is 11.9 Å². The van der Waals surface area contributed by atoms with Crippen molar-refractivity contribution < 1.29 is 4.74 Å². The van der Waals surface area contributed by atoms with E-state index in [4.69, 9.17) is 10.5 Å². The third kappa shape index (κ3) is 4.23. The van der Waals surface area contributed by atoms with Crippen LogP contribution in [0.15, 0.2) is 23.3 Å². The van der Waals surface area contributed by atoms with Crippen molar-refractivity contribution in [3.63, 3.8) is 0 Å². The molecule has 0 aromatic carbocycles. The van der Waals surface area contributed by atoms with Gasteiger partial charge in [0.25, 0.3) is 0 Å². The van der Waals surface area contributed by atoms with Crippen LogP contribution in [0.2, 0.25) is 0 Å². The molecule has 3 heterocycles. The van der Waals surface area contributed by atoms with Crippen LogP contribution in [0.1, 0.15) is 37.4 Å². The predicted octanol–water partition coefficient (Wildman–Crippen LogP) is 2.69. The first kappa shape index (κ1) is 17.1. The van der Waals surface area contributed by atoms with Gasteiger partial charge in [0.15, 0.2) is 17.4 Å². The molecule has 0 saturated heterocycles. The van der Waals surface area contributed by atoms with Crippen LogP contribution in [0.4, 0.5) is 11.6 Å². The molecule has 25 heavy (non-hydrogen) atoms. The first-order valence-corrected chi connectivity index (χ1v) is 8.36. The van der Waals surface area contributed by atoms with Crippen molar-refractivity contribution >= 4 is 17.5 Å². The Morgan fingerprint density at radius 3 is 2.92 bits per heavy atom. The Balaban J connectivity index is 1.69. The molecule has 3 N–H and O–H groups in total. The van der Waals surface area contributed by atoms with Gasteiger partial charge in [-0.1, -0.05) is 0 Å². The average Bonchev–Trinajstić information content (AvgIpc) is 2.55. The third-order valence-corrected chi connectivity index (χ3v) is 3.90. The maximum Gasteiger partial charge on any atom is 0.175 e. The van der Waals surface area contributed by atoms with E-state index in [0.29, 0.717) is 31.1 Å². The molecular formula is C18H24N6O. The largest absolute Gasteiger partial charge is 0.487 e. The number of nitrogens with one attached hydrogen (secondary N) is 1. The number of fused-ring (bicyclic) bond motifs is 1. The lowest BCUT2D eigenvalue weighted by molar-refractivity contribution is 0.240. The molecular weight excluding hydrogens is 316 g/mol. The SMILES string of the molecule is Cc1cnc(C)c(N=C(N)CCc2ccc3c(n2)NC(C)(C)CO3)n1. The molecule has 0 fully saturated rings. The number of ether oxygens (including phenoxy) is 1. The van der Waals surface area contributed by atoms with Gasteiger partial charge in [0.1, 0.15) is 12.4 Å². The normalized spacial score (nSPS) is 15.9. The molecule has 0 spiro atoms. The van der Waals surface area contributed by atoms with Crippen molar-refractivity contribution in [1.29, 1.82) is 0 Å². The van der Waals surface area contributed by atoms with E-state index in [-0.39, 0.29) is 5.54 Å². The van der Waals surface area contributed by atoms with Gasteiger partial charge < -0.3 is 15.8 Å². The second-order valence-electron chi connectivity index (χ2n) is 6.97. The van der Waals surface area contributed by atoms with E-state index in [2.05, 4.69) is 39.1 Å². The molecule has 0 atom stereocenters. The Labute approximate surface area is 147 Å². The van der Waals surface area contributed by atoms with Gasteiger partial charge in [-0.25, -0.2) is 15.0 Å². The second kappa shape index (κ2) is 6.66. The van der Waals surface area contributed by atoms with Crippen LogP contribution < -0.4 is 15.8 Å². The quantitative estimate of drug-likeness (QED) is 0.656. The van der Waals surface area contributed by atoms with Gasteiger partial charge in [-0.15, -0.1) is 0 Å². The summed E-state index contributed by atoms with van der Waals surface area (Å²) in [5.74, 6) is 2.67. The van der Waals surface area contributed by atoms with Crippen LogP contribution in [0, 0.1) is 13.8 Å². The molecule has 7 heteroatoms. The topological polar surface area (TPSA) is 98.3 Å². The first-order chi connectivity index (χ1) is 11.8. The number of aryl methyl sites for hydroxylation is 3. The highest BCUT2D eigenvalue weighted by Crippen LogP contribution is 2.30. The zero-order chi connectivity index (χ0) is 18.0. The van der Waals surface area contributed by atoms with Crippen LogP contribution in [0.5, 0.6) is 5.75 Å². The Hall–Kier alpha value is -2.70. The number of hydrogen-bond acceptors (Lipinski definition) is 6. The molecule has 0 bridgehead atoms. The highest BCUT2D eigenvalue weighted by molar-refractivity contribution is 5.83. The Kier molecular flexibility index (Phi) is 4.57. The lowest BCUT2D eigenvalue weighted by atomic mass is 10.1. The van der Waals surface area contributed by atoms with Gasteiger partial charge in [0, 0.05) is 18.3 Å². The Bertz CT molecular complexity index is 815. The van der Waals surface area contributed by atoms with Crippen molar-refractivity contribution in [3.8, 4) is 5.75 Å². The number of nitrogens with zero attached hydrogens (tertiary/aromatic N) is 4. The summed E-state index contributed by atoms with van der Waals surface area (Å²) in [5.41, 5.74) is 8.47. The Morgan fingerprint density at radius 2 is 2.12 bits per heavy atom. The zero-order valence-electron chi connectivity index (χ0n) is 15.1. The first-order valence-electron chi connectivity index (χ1n) is 8.36. The van der Waals surface area contributed by atoms with Crippen molar-refractivity contribution in [1.82, 2.24) is 15.0 Å². The summed E-state index contributed by atoms with van der Waals surface area (Å²) in [6.07, 6.45) is 3.02. The van der Waals surface area contributed by atoms with Gasteiger partial charge in [0.05, 0.1) is 16.9 Å². The van der Waals surface area contributed by atoms with Gasteiger partial charge in [0.2, 0.25) is 0 Å². The van der Waals surface area contributed by atoms with Gasteiger partial charge in [-0.3, -0.25) is 4.98 Å². The molecule has 0 unspecified atom stereocenters. The number of nitrogens with two attached hydrogens (primary N) is 1. The maximum atomic E-state index is 6.07. The van der Waals surface area contributed by atoms with E-state index < -0.39 is 0 Å². The molecule has 0 amide bonds. The minimum Gasteiger partial charge on any atom is -0.487 e. The highest BCUT2D eigenvalue weighted by Gasteiger charge is 2.26. The van der Waals surface area contributed by atoms with Crippen molar-refractivity contribution in [2.24, 2.45) is 10.7 Å².